The number of aromatic hydroxyl groups is 6. The fourth-order valence-electron chi connectivity index (χ4n) is 13.8. The maximum Gasteiger partial charge on any atom is 0.115 e. The van der Waals surface area contributed by atoms with E-state index in [0.29, 0.717) is 64.1 Å². The van der Waals surface area contributed by atoms with Crippen LogP contribution in [0.15, 0.2) is 146 Å². The van der Waals surface area contributed by atoms with Gasteiger partial charge in [0, 0.05) is 16.2 Å². The average molecular weight is 1040 g/mol. The highest BCUT2D eigenvalue weighted by atomic mass is 16.3. The zero-order valence-electron chi connectivity index (χ0n) is 49.0. The molecule has 414 valence electrons. The van der Waals surface area contributed by atoms with Crippen LogP contribution in [0, 0.1) is 51.2 Å². The van der Waals surface area contributed by atoms with Crippen molar-refractivity contribution in [3.63, 3.8) is 0 Å². The van der Waals surface area contributed by atoms with Gasteiger partial charge in [0.15, 0.2) is 0 Å². The first-order chi connectivity index (χ1) is 35.9. The van der Waals surface area contributed by atoms with Gasteiger partial charge in [-0.3, -0.25) is 0 Å². The molecule has 77 heavy (non-hydrogen) atoms. The van der Waals surface area contributed by atoms with Crippen molar-refractivity contribution in [1.82, 2.24) is 0 Å². The highest BCUT2D eigenvalue weighted by Gasteiger charge is 2.49. The van der Waals surface area contributed by atoms with E-state index in [1.165, 1.54) is 59.1 Å². The van der Waals surface area contributed by atoms with E-state index in [1.807, 2.05) is 24.3 Å². The molecule has 5 atom stereocenters. The summed E-state index contributed by atoms with van der Waals surface area (Å²) < 4.78 is 0. The molecule has 0 aromatic heterocycles. The maximum absolute atomic E-state index is 9.88. The van der Waals surface area contributed by atoms with Gasteiger partial charge in [-0.25, -0.2) is 0 Å². The quantitative estimate of drug-likeness (QED) is 0.0988. The first kappa shape index (κ1) is 58.8. The van der Waals surface area contributed by atoms with Gasteiger partial charge in [-0.2, -0.15) is 0 Å². The van der Waals surface area contributed by atoms with Crippen molar-refractivity contribution in [2.45, 2.75) is 170 Å². The Hall–Kier alpha value is -5.88. The molecule has 0 amide bonds. The van der Waals surface area contributed by atoms with Crippen LogP contribution in [0.3, 0.4) is 0 Å². The molecule has 5 unspecified atom stereocenters. The molecular weight excluding hydrogens is 949 g/mol. The van der Waals surface area contributed by atoms with Gasteiger partial charge in [0.2, 0.25) is 0 Å². The molecule has 0 heterocycles. The van der Waals surface area contributed by atoms with Crippen molar-refractivity contribution in [2.75, 3.05) is 0 Å². The summed E-state index contributed by atoms with van der Waals surface area (Å²) in [4.78, 5) is 0. The highest BCUT2D eigenvalue weighted by molar-refractivity contribution is 5.47. The zero-order valence-corrected chi connectivity index (χ0v) is 49.0. The van der Waals surface area contributed by atoms with E-state index in [1.54, 1.807) is 48.5 Å². The fourth-order valence-corrected chi connectivity index (χ4v) is 13.8. The van der Waals surface area contributed by atoms with Crippen molar-refractivity contribution in [2.24, 2.45) is 51.2 Å². The molecule has 6 aromatic rings. The summed E-state index contributed by atoms with van der Waals surface area (Å²) in [5.74, 6) is 4.92. The van der Waals surface area contributed by atoms with Crippen LogP contribution in [0.4, 0.5) is 0 Å². The van der Waals surface area contributed by atoms with Crippen molar-refractivity contribution in [3.8, 4) is 34.5 Å². The number of benzene rings is 6. The molecule has 6 aromatic carbocycles. The molecule has 3 fully saturated rings. The Labute approximate surface area is 463 Å². The third-order valence-corrected chi connectivity index (χ3v) is 18.9. The van der Waals surface area contributed by atoms with Crippen LogP contribution in [0.25, 0.3) is 0 Å². The van der Waals surface area contributed by atoms with E-state index in [9.17, 15) is 30.6 Å². The molecule has 3 aliphatic rings. The monoisotopic (exact) mass is 1040 g/mol. The van der Waals surface area contributed by atoms with Gasteiger partial charge >= 0.3 is 0 Å². The molecule has 6 heteroatoms. The lowest BCUT2D eigenvalue weighted by Gasteiger charge is -2.52. The van der Waals surface area contributed by atoms with E-state index in [2.05, 4.69) is 163 Å². The second kappa shape index (κ2) is 22.8. The Morgan fingerprint density at radius 2 is 0.519 bits per heavy atom. The number of hydrogen-bond acceptors (Lipinski definition) is 6. The summed E-state index contributed by atoms with van der Waals surface area (Å²) in [6.45, 7) is 30.6. The van der Waals surface area contributed by atoms with Crippen LogP contribution < -0.4 is 0 Å². The van der Waals surface area contributed by atoms with Crippen molar-refractivity contribution < 1.29 is 30.6 Å². The largest absolute Gasteiger partial charge is 0.508 e. The molecule has 0 saturated heterocycles. The standard InChI is InChI=1S/C26H36O2.C23H30O2.C22H28O2/c1-24(2,3)20-15-21(25(4,5)6)17-26(16-20,18-7-11-22(27)12-8-18)19-9-13-23(28)14-10-19;1-16-13-19(22(2,3)4)15-23(14-16,17-5-9-20(24)10-6-17)18-7-11-21(25)12-8-18;1-21(2,3)18-5-4-14-22(15-18,16-6-10-19(23)11-7-16)17-8-12-20(24)13-9-17/h7-14,20-21,27-28H,15-17H2,1-6H3;5-12,16,19,24-25H,13-15H2,1-4H3;6-13,18,23-24H,4-5,14-15H2,1-3H3. The number of rotatable bonds is 6. The van der Waals surface area contributed by atoms with Gasteiger partial charge in [0.25, 0.3) is 0 Å². The van der Waals surface area contributed by atoms with Crippen LogP contribution in [0.5, 0.6) is 34.5 Å². The predicted molar refractivity (Wildman–Crippen MR) is 318 cm³/mol. The van der Waals surface area contributed by atoms with Gasteiger partial charge in [-0.05, 0) is 215 Å². The molecule has 0 bridgehead atoms. The Balaban J connectivity index is 0.000000168. The maximum atomic E-state index is 9.88. The minimum absolute atomic E-state index is 0.0441. The normalized spacial score (nSPS) is 22.3. The lowest BCUT2D eigenvalue weighted by molar-refractivity contribution is 0.0458. The van der Waals surface area contributed by atoms with Crippen LogP contribution in [-0.2, 0) is 16.2 Å². The van der Waals surface area contributed by atoms with Gasteiger partial charge in [0.1, 0.15) is 34.5 Å². The van der Waals surface area contributed by atoms with E-state index >= 15 is 0 Å². The Morgan fingerprint density at radius 1 is 0.299 bits per heavy atom. The SMILES string of the molecule is CC(C)(C)C1CC(C(C)(C)C)CC(c2ccc(O)cc2)(c2ccc(O)cc2)C1.CC(C)(C)C1CCCC(c2ccc(O)cc2)(c2ccc(O)cc2)C1.CC1CC(C(C)(C)C)CC(c2ccc(O)cc2)(c2ccc(O)cc2)C1. The molecule has 6 N–H and O–H groups in total. The molecule has 0 radical (unpaired) electrons. The Kier molecular flexibility index (Phi) is 17.4. The van der Waals surface area contributed by atoms with Gasteiger partial charge in [0.05, 0.1) is 0 Å². The third kappa shape index (κ3) is 13.7. The minimum Gasteiger partial charge on any atom is -0.508 e. The van der Waals surface area contributed by atoms with Crippen LogP contribution in [0.1, 0.15) is 188 Å². The predicted octanol–water partition coefficient (Wildman–Crippen LogP) is 18.4. The molecule has 0 aliphatic heterocycles. The summed E-state index contributed by atoms with van der Waals surface area (Å²) in [5, 5.41) is 58.6. The lowest BCUT2D eigenvalue weighted by Crippen LogP contribution is -2.45. The van der Waals surface area contributed by atoms with Crippen molar-refractivity contribution in [1.29, 1.82) is 0 Å². The number of phenolic OH excluding ortho intramolecular Hbond substituents is 6. The summed E-state index contributed by atoms with van der Waals surface area (Å²) in [7, 11) is 0. The zero-order chi connectivity index (χ0) is 56.4. The Morgan fingerprint density at radius 3 is 0.779 bits per heavy atom. The summed E-state index contributed by atoms with van der Waals surface area (Å²) >= 11 is 0. The molecule has 6 nitrogen and oxygen atoms in total. The summed E-state index contributed by atoms with van der Waals surface area (Å²) in [6, 6.07) is 46.5. The smallest absolute Gasteiger partial charge is 0.115 e. The van der Waals surface area contributed by atoms with E-state index in [0.717, 1.165) is 38.5 Å². The van der Waals surface area contributed by atoms with E-state index in [-0.39, 0.29) is 37.9 Å². The second-order valence-corrected chi connectivity index (χ2v) is 28.3. The highest BCUT2D eigenvalue weighted by Crippen LogP contribution is 2.58. The minimum atomic E-state index is -0.116. The summed E-state index contributed by atoms with van der Waals surface area (Å²) in [5.41, 5.74) is 8.33. The summed E-state index contributed by atoms with van der Waals surface area (Å²) in [6.07, 6.45) is 11.5. The first-order valence-corrected chi connectivity index (χ1v) is 28.7. The second-order valence-electron chi connectivity index (χ2n) is 28.3. The van der Waals surface area contributed by atoms with Gasteiger partial charge in [-0.1, -0.05) is 169 Å². The van der Waals surface area contributed by atoms with Crippen molar-refractivity contribution >= 4 is 0 Å². The van der Waals surface area contributed by atoms with Gasteiger partial charge in [-0.15, -0.1) is 0 Å². The van der Waals surface area contributed by atoms with Crippen LogP contribution >= 0.6 is 0 Å². The molecule has 3 saturated carbocycles. The molecule has 0 spiro atoms. The number of phenols is 6. The van der Waals surface area contributed by atoms with E-state index < -0.39 is 0 Å². The number of hydrogen-bond donors (Lipinski definition) is 6. The lowest BCUT2D eigenvalue weighted by atomic mass is 9.52. The molecule has 9 rings (SSSR count). The van der Waals surface area contributed by atoms with E-state index in [4.69, 9.17) is 0 Å². The topological polar surface area (TPSA) is 121 Å². The third-order valence-electron chi connectivity index (χ3n) is 18.9. The average Bonchev–Trinajstić information content (AvgIpc) is 3.41. The first-order valence-electron chi connectivity index (χ1n) is 28.7. The van der Waals surface area contributed by atoms with Crippen LogP contribution in [-0.4, -0.2) is 30.6 Å². The fraction of sp³-hybridized carbons (Fsp3) is 0.493. The molecular formula is C71H94O6. The Bertz CT molecular complexity index is 2640. The van der Waals surface area contributed by atoms with Crippen LogP contribution in [0.2, 0.25) is 0 Å². The molecule has 3 aliphatic carbocycles. The van der Waals surface area contributed by atoms with Gasteiger partial charge < -0.3 is 30.6 Å². The van der Waals surface area contributed by atoms with Crippen molar-refractivity contribution in [3.05, 3.63) is 179 Å².